The van der Waals surface area contributed by atoms with E-state index in [0.29, 0.717) is 23.5 Å². The number of hydrogen-bond acceptors (Lipinski definition) is 4. The Kier molecular flexibility index (Phi) is 8.80. The third kappa shape index (κ3) is 7.94. The van der Waals surface area contributed by atoms with Crippen molar-refractivity contribution in [3.05, 3.63) is 125 Å². The normalized spacial score (nSPS) is 10.9. The van der Waals surface area contributed by atoms with Crippen LogP contribution in [0.25, 0.3) is 0 Å². The van der Waals surface area contributed by atoms with Crippen molar-refractivity contribution in [2.45, 2.75) is 12.7 Å². The molecule has 0 radical (unpaired) electrons. The smallest absolute Gasteiger partial charge is 0.376 e. The number of anilines is 3. The molecular weight excluding hydrogens is 521 g/mol. The summed E-state index contributed by atoms with van der Waals surface area (Å²) >= 11 is 0. The molecule has 0 heterocycles. The minimum absolute atomic E-state index is 0.00171. The maximum Gasteiger partial charge on any atom is 0.416 e. The van der Waals surface area contributed by atoms with E-state index < -0.39 is 17.6 Å². The van der Waals surface area contributed by atoms with Crippen LogP contribution in [-0.2, 0) is 17.5 Å². The lowest BCUT2D eigenvalue weighted by Crippen LogP contribution is -2.23. The Hall–Kier alpha value is -5.12. The maximum atomic E-state index is 12.9. The first kappa shape index (κ1) is 27.9. The van der Waals surface area contributed by atoms with Crippen molar-refractivity contribution < 1.29 is 27.6 Å². The zero-order chi connectivity index (χ0) is 28.5. The highest BCUT2D eigenvalue weighted by Crippen LogP contribution is 2.30. The first-order valence-corrected chi connectivity index (χ1v) is 12.2. The van der Waals surface area contributed by atoms with E-state index in [1.165, 1.54) is 24.3 Å². The molecule has 10 heteroatoms. The van der Waals surface area contributed by atoms with Crippen LogP contribution in [0.3, 0.4) is 0 Å². The van der Waals surface area contributed by atoms with E-state index in [1.54, 1.807) is 36.4 Å². The molecule has 0 aliphatic heterocycles. The monoisotopic (exact) mass is 546 g/mol. The molecular formula is C30H25F3N4O3. The van der Waals surface area contributed by atoms with Gasteiger partial charge in [0.15, 0.2) is 0 Å². The molecule has 0 spiro atoms. The Labute approximate surface area is 228 Å². The fraction of sp³-hybridized carbons (Fsp3) is 0.100. The number of amides is 3. The minimum atomic E-state index is -4.53. The third-order valence-electron chi connectivity index (χ3n) is 5.75. The van der Waals surface area contributed by atoms with Crippen molar-refractivity contribution in [3.63, 3.8) is 0 Å². The summed E-state index contributed by atoms with van der Waals surface area (Å²) in [6.07, 6.45) is -4.53. The molecule has 0 saturated carbocycles. The lowest BCUT2D eigenvalue weighted by atomic mass is 10.1. The van der Waals surface area contributed by atoms with Gasteiger partial charge < -0.3 is 21.3 Å². The summed E-state index contributed by atoms with van der Waals surface area (Å²) in [4.78, 5) is 37.4. The first-order valence-electron chi connectivity index (χ1n) is 12.2. The molecule has 3 amide bonds. The number of rotatable bonds is 9. The minimum Gasteiger partial charge on any atom is -0.376 e. The number of halogens is 3. The van der Waals surface area contributed by atoms with Crippen LogP contribution in [0.2, 0.25) is 0 Å². The van der Waals surface area contributed by atoms with Gasteiger partial charge in [-0.15, -0.1) is 0 Å². The number of carbonyl (C=O) groups excluding carboxylic acids is 3. The number of hydrogen-bond donors (Lipinski definition) is 4. The van der Waals surface area contributed by atoms with Gasteiger partial charge in [0.2, 0.25) is 5.91 Å². The number of benzene rings is 4. The molecule has 0 atom stereocenters. The van der Waals surface area contributed by atoms with Crippen LogP contribution in [-0.4, -0.2) is 24.3 Å². The second kappa shape index (κ2) is 12.6. The van der Waals surface area contributed by atoms with Gasteiger partial charge in [-0.05, 0) is 66.2 Å². The average molecular weight is 547 g/mol. The SMILES string of the molecule is O=C(CNc1ccc(C(=O)NCc2ccccc2)cc1)Nc1cccc(C(=O)Nc2cccc(C(F)(F)F)c2)c1. The van der Waals surface area contributed by atoms with Crippen LogP contribution in [0.1, 0.15) is 31.8 Å². The van der Waals surface area contributed by atoms with Gasteiger partial charge in [-0.25, -0.2) is 0 Å². The Bertz CT molecular complexity index is 1490. The van der Waals surface area contributed by atoms with E-state index in [1.807, 2.05) is 30.3 Å². The number of nitrogens with one attached hydrogen (secondary N) is 4. The van der Waals surface area contributed by atoms with E-state index in [0.717, 1.165) is 17.7 Å². The molecule has 4 N–H and O–H groups in total. The molecule has 204 valence electrons. The predicted octanol–water partition coefficient (Wildman–Crippen LogP) is 5.94. The summed E-state index contributed by atoms with van der Waals surface area (Å²) in [6, 6.07) is 26.6. The van der Waals surface area contributed by atoms with Gasteiger partial charge in [0.05, 0.1) is 12.1 Å². The Morgan fingerprint density at radius 2 is 1.30 bits per heavy atom. The van der Waals surface area contributed by atoms with Gasteiger partial charge in [-0.1, -0.05) is 42.5 Å². The van der Waals surface area contributed by atoms with Crippen molar-refractivity contribution in [1.29, 1.82) is 0 Å². The first-order chi connectivity index (χ1) is 19.2. The standard InChI is InChI=1S/C30H25F3N4O3/c31-30(32,33)23-9-5-11-26(17-23)37-29(40)22-8-4-10-25(16-22)36-27(38)19-34-24-14-12-21(13-15-24)28(39)35-18-20-6-2-1-3-7-20/h1-17,34H,18-19H2,(H,35,39)(H,36,38)(H,37,40). The van der Waals surface area contributed by atoms with E-state index in [4.69, 9.17) is 0 Å². The molecule has 4 aromatic rings. The summed E-state index contributed by atoms with van der Waals surface area (Å²) in [5.74, 6) is -1.23. The van der Waals surface area contributed by atoms with E-state index in [9.17, 15) is 27.6 Å². The quantitative estimate of drug-likeness (QED) is 0.209. The van der Waals surface area contributed by atoms with Crippen LogP contribution >= 0.6 is 0 Å². The van der Waals surface area contributed by atoms with Gasteiger partial charge >= 0.3 is 6.18 Å². The number of carbonyl (C=O) groups is 3. The van der Waals surface area contributed by atoms with Gasteiger partial charge in [0.1, 0.15) is 0 Å². The lowest BCUT2D eigenvalue weighted by Gasteiger charge is -2.11. The maximum absolute atomic E-state index is 12.9. The predicted molar refractivity (Wildman–Crippen MR) is 147 cm³/mol. The summed E-state index contributed by atoms with van der Waals surface area (Å²) in [7, 11) is 0. The molecule has 0 fully saturated rings. The van der Waals surface area contributed by atoms with Crippen molar-refractivity contribution in [2.24, 2.45) is 0 Å². The molecule has 0 aliphatic rings. The Balaban J connectivity index is 1.27. The highest BCUT2D eigenvalue weighted by molar-refractivity contribution is 6.05. The molecule has 0 aliphatic carbocycles. The van der Waals surface area contributed by atoms with Crippen LogP contribution in [0.15, 0.2) is 103 Å². The lowest BCUT2D eigenvalue weighted by molar-refractivity contribution is -0.137. The van der Waals surface area contributed by atoms with Gasteiger partial charge in [-0.2, -0.15) is 13.2 Å². The molecule has 0 aromatic heterocycles. The van der Waals surface area contributed by atoms with E-state index >= 15 is 0 Å². The van der Waals surface area contributed by atoms with Crippen LogP contribution in [0.4, 0.5) is 30.2 Å². The van der Waals surface area contributed by atoms with E-state index in [-0.39, 0.29) is 29.6 Å². The second-order valence-corrected chi connectivity index (χ2v) is 8.76. The highest BCUT2D eigenvalue weighted by atomic mass is 19.4. The molecule has 40 heavy (non-hydrogen) atoms. The van der Waals surface area contributed by atoms with Crippen LogP contribution < -0.4 is 21.3 Å². The molecule has 4 rings (SSSR count). The Morgan fingerprint density at radius 3 is 2.00 bits per heavy atom. The van der Waals surface area contributed by atoms with E-state index in [2.05, 4.69) is 21.3 Å². The molecule has 4 aromatic carbocycles. The van der Waals surface area contributed by atoms with Gasteiger partial charge in [-0.3, -0.25) is 14.4 Å². The summed E-state index contributed by atoms with van der Waals surface area (Å²) in [6.45, 7) is 0.328. The van der Waals surface area contributed by atoms with Crippen molar-refractivity contribution in [3.8, 4) is 0 Å². The van der Waals surface area contributed by atoms with Crippen LogP contribution in [0, 0.1) is 0 Å². The third-order valence-corrected chi connectivity index (χ3v) is 5.75. The summed E-state index contributed by atoms with van der Waals surface area (Å²) in [5.41, 5.74) is 1.72. The fourth-order valence-electron chi connectivity index (χ4n) is 3.72. The number of alkyl halides is 3. The van der Waals surface area contributed by atoms with Gasteiger partial charge in [0.25, 0.3) is 11.8 Å². The molecule has 0 unspecified atom stereocenters. The van der Waals surface area contributed by atoms with Crippen molar-refractivity contribution >= 4 is 34.8 Å². The molecule has 0 saturated heterocycles. The summed E-state index contributed by atoms with van der Waals surface area (Å²) < 4.78 is 38.8. The fourth-order valence-corrected chi connectivity index (χ4v) is 3.72. The molecule has 0 bridgehead atoms. The van der Waals surface area contributed by atoms with Gasteiger partial charge in [0, 0.05) is 34.7 Å². The zero-order valence-corrected chi connectivity index (χ0v) is 21.1. The highest BCUT2D eigenvalue weighted by Gasteiger charge is 2.30. The second-order valence-electron chi connectivity index (χ2n) is 8.76. The topological polar surface area (TPSA) is 99.3 Å². The van der Waals surface area contributed by atoms with Crippen molar-refractivity contribution in [1.82, 2.24) is 5.32 Å². The molecule has 7 nitrogen and oxygen atoms in total. The zero-order valence-electron chi connectivity index (χ0n) is 21.1. The average Bonchev–Trinajstić information content (AvgIpc) is 2.95. The summed E-state index contributed by atoms with van der Waals surface area (Å²) in [5, 5.41) is 10.9. The Morgan fingerprint density at radius 1 is 0.625 bits per heavy atom. The van der Waals surface area contributed by atoms with Crippen molar-refractivity contribution in [2.75, 3.05) is 22.5 Å². The largest absolute Gasteiger partial charge is 0.416 e. The van der Waals surface area contributed by atoms with Crippen LogP contribution in [0.5, 0.6) is 0 Å².